The fourth-order valence-corrected chi connectivity index (χ4v) is 1.40. The average molecular weight is 131 g/mol. The summed E-state index contributed by atoms with van der Waals surface area (Å²) in [5, 5.41) is 0. The van der Waals surface area contributed by atoms with Crippen LogP contribution in [0.25, 0.3) is 0 Å². The van der Waals surface area contributed by atoms with Crippen LogP contribution in [-0.4, -0.2) is 19.1 Å². The predicted molar refractivity (Wildman–Crippen MR) is 44.4 cm³/mol. The fraction of sp³-hybridized carbons (Fsp3) is 0.857. The van der Waals surface area contributed by atoms with E-state index in [1.807, 2.05) is 0 Å². The fourth-order valence-electron chi connectivity index (χ4n) is 0.632. The second-order valence-electron chi connectivity index (χ2n) is 2.29. The van der Waals surface area contributed by atoms with Gasteiger partial charge in [-0.3, -0.25) is 0 Å². The van der Waals surface area contributed by atoms with Crippen molar-refractivity contribution in [3.8, 4) is 0 Å². The van der Waals surface area contributed by atoms with Crippen LogP contribution < -0.4 is 0 Å². The maximum absolute atomic E-state index is 3.98. The zero-order valence-electron chi connectivity index (χ0n) is 5.98. The van der Waals surface area contributed by atoms with Crippen molar-refractivity contribution in [1.29, 1.82) is 0 Å². The Bertz CT molecular complexity index is 66.8. The van der Waals surface area contributed by atoms with Crippen molar-refractivity contribution in [1.82, 2.24) is 0 Å². The molecule has 0 rings (SSSR count). The van der Waals surface area contributed by atoms with Crippen LogP contribution in [0.3, 0.4) is 0 Å². The largest absolute Gasteiger partial charge is 0.105 e. The van der Waals surface area contributed by atoms with Gasteiger partial charge in [-0.2, -0.15) is 0 Å². The number of hydrogen-bond acceptors (Lipinski definition) is 0. The first-order valence-electron chi connectivity index (χ1n) is 3.29. The maximum Gasteiger partial charge on any atom is 0.105 e. The summed E-state index contributed by atoms with van der Waals surface area (Å²) in [5.74, 6) is 0. The smallest absolute Gasteiger partial charge is 0.0654 e. The van der Waals surface area contributed by atoms with E-state index in [0.29, 0.717) is 0 Å². The molecule has 0 N–H and O–H groups in total. The maximum atomic E-state index is 3.98. The lowest BCUT2D eigenvalue weighted by molar-refractivity contribution is 0.777. The third-order valence-corrected chi connectivity index (χ3v) is 2.22. The Morgan fingerprint density at radius 1 is 1.38 bits per heavy atom. The van der Waals surface area contributed by atoms with E-state index in [0.717, 1.165) is 0 Å². The molecule has 0 aromatic heterocycles. The summed E-state index contributed by atoms with van der Waals surface area (Å²) in [6.45, 7) is 4.48. The van der Waals surface area contributed by atoms with Crippen LogP contribution in [0.1, 0.15) is 26.2 Å². The molecule has 1 heteroatoms. The van der Waals surface area contributed by atoms with Crippen LogP contribution in [-0.2, 0) is 0 Å². The highest BCUT2D eigenvalue weighted by Crippen LogP contribution is 2.15. The van der Waals surface area contributed by atoms with Crippen LogP contribution in [0.2, 0.25) is 0 Å². The molecule has 0 saturated carbocycles. The van der Waals surface area contributed by atoms with E-state index in [9.17, 15) is 0 Å². The average Bonchev–Trinajstić information content (AvgIpc) is 1.66. The molecule has 0 aliphatic heterocycles. The molecule has 0 aliphatic carbocycles. The highest BCUT2D eigenvalue weighted by atomic mass is 31.1. The van der Waals surface area contributed by atoms with Gasteiger partial charge in [-0.25, -0.2) is 0 Å². The van der Waals surface area contributed by atoms with Crippen LogP contribution in [0, 0.1) is 0 Å². The van der Waals surface area contributed by atoms with Crippen molar-refractivity contribution in [3.05, 3.63) is 0 Å². The molecule has 0 heterocycles. The van der Waals surface area contributed by atoms with Crippen molar-refractivity contribution in [2.24, 2.45) is 0 Å². The van der Waals surface area contributed by atoms with Crippen molar-refractivity contribution in [3.63, 3.8) is 0 Å². The molecule has 0 amide bonds. The van der Waals surface area contributed by atoms with Gasteiger partial charge >= 0.3 is 0 Å². The minimum atomic E-state index is 0.138. The van der Waals surface area contributed by atoms with Crippen molar-refractivity contribution in [2.45, 2.75) is 26.2 Å². The Kier molecular flexibility index (Phi) is 5.42. The summed E-state index contributed by atoms with van der Waals surface area (Å²) in [4.78, 5) is 0. The van der Waals surface area contributed by atoms with Gasteiger partial charge in [0.15, 0.2) is 0 Å². The second kappa shape index (κ2) is 5.31. The number of unbranched alkanes of at least 4 members (excludes halogenated alkanes) is 2. The molecule has 0 aromatic carbocycles. The third-order valence-electron chi connectivity index (χ3n) is 1.14. The lowest BCUT2D eigenvalue weighted by Gasteiger charge is -1.87. The first-order valence-corrected chi connectivity index (χ1v) is 5.45. The van der Waals surface area contributed by atoms with E-state index >= 15 is 0 Å². The summed E-state index contributed by atoms with van der Waals surface area (Å²) in [6, 6.07) is 0. The van der Waals surface area contributed by atoms with Gasteiger partial charge < -0.3 is 0 Å². The van der Waals surface area contributed by atoms with E-state index in [-0.39, 0.29) is 7.55 Å². The Morgan fingerprint density at radius 3 is 2.38 bits per heavy atom. The Hall–Kier alpha value is 0.170. The molecular weight excluding hydrogens is 115 g/mol. The van der Waals surface area contributed by atoms with Crippen LogP contribution in [0.5, 0.6) is 0 Å². The first-order chi connectivity index (χ1) is 3.77. The van der Waals surface area contributed by atoms with Crippen LogP contribution in [0.4, 0.5) is 0 Å². The zero-order chi connectivity index (χ0) is 6.41. The SMILES string of the molecule is C=[P+](C)CCCCC. The lowest BCUT2D eigenvalue weighted by Crippen LogP contribution is -1.76. The quantitative estimate of drug-likeness (QED) is 0.406. The van der Waals surface area contributed by atoms with Crippen molar-refractivity contribution >= 4 is 13.8 Å². The number of hydrogen-bond donors (Lipinski definition) is 0. The Balaban J connectivity index is 2.82. The van der Waals surface area contributed by atoms with Gasteiger partial charge in [0.25, 0.3) is 0 Å². The van der Waals surface area contributed by atoms with E-state index in [4.69, 9.17) is 0 Å². The second-order valence-corrected chi connectivity index (χ2v) is 4.45. The molecule has 1 unspecified atom stereocenters. The summed E-state index contributed by atoms with van der Waals surface area (Å²) in [5.41, 5.74) is 0. The highest BCUT2D eigenvalue weighted by molar-refractivity contribution is 7.54. The van der Waals surface area contributed by atoms with Gasteiger partial charge in [0.1, 0.15) is 6.16 Å². The van der Waals surface area contributed by atoms with Crippen LogP contribution >= 0.6 is 7.55 Å². The van der Waals surface area contributed by atoms with E-state index < -0.39 is 0 Å². The normalized spacial score (nSPS) is 11.5. The molecule has 0 aliphatic rings. The molecule has 0 radical (unpaired) electrons. The highest BCUT2D eigenvalue weighted by Gasteiger charge is 1.93. The predicted octanol–water partition coefficient (Wildman–Crippen LogP) is 2.72. The first kappa shape index (κ1) is 8.17. The summed E-state index contributed by atoms with van der Waals surface area (Å²) < 4.78 is 0. The molecule has 0 fully saturated rings. The molecular formula is C7H16P+. The molecule has 0 aromatic rings. The zero-order valence-corrected chi connectivity index (χ0v) is 6.88. The molecule has 0 saturated heterocycles. The van der Waals surface area contributed by atoms with Crippen LogP contribution in [0.15, 0.2) is 0 Å². The van der Waals surface area contributed by atoms with Gasteiger partial charge in [0, 0.05) is 0 Å². The van der Waals surface area contributed by atoms with Gasteiger partial charge in [-0.1, -0.05) is 13.3 Å². The van der Waals surface area contributed by atoms with E-state index in [1.54, 1.807) is 0 Å². The molecule has 0 spiro atoms. The monoisotopic (exact) mass is 131 g/mol. The topological polar surface area (TPSA) is 0 Å². The minimum absolute atomic E-state index is 0.138. The third kappa shape index (κ3) is 6.17. The molecule has 0 nitrogen and oxygen atoms in total. The Labute approximate surface area is 53.7 Å². The molecule has 1 atom stereocenters. The molecule has 8 heavy (non-hydrogen) atoms. The molecule has 0 bridgehead atoms. The standard InChI is InChI=1S/C7H16P/c1-4-5-6-7-8(2)3/h2,4-7H2,1,3H3/q+1. The summed E-state index contributed by atoms with van der Waals surface area (Å²) >= 11 is 0. The van der Waals surface area contributed by atoms with Gasteiger partial charge in [-0.05, 0) is 12.8 Å². The Morgan fingerprint density at radius 2 is 2.00 bits per heavy atom. The molecule has 48 valence electrons. The van der Waals surface area contributed by atoms with E-state index in [2.05, 4.69) is 19.9 Å². The lowest BCUT2D eigenvalue weighted by atomic mass is 10.3. The summed E-state index contributed by atoms with van der Waals surface area (Å²) in [7, 11) is 0.138. The number of rotatable bonds is 4. The van der Waals surface area contributed by atoms with E-state index in [1.165, 1.54) is 25.4 Å². The van der Waals surface area contributed by atoms with Gasteiger partial charge in [0.05, 0.1) is 20.5 Å². The van der Waals surface area contributed by atoms with Gasteiger partial charge in [0.2, 0.25) is 0 Å². The van der Waals surface area contributed by atoms with Crippen molar-refractivity contribution in [2.75, 3.05) is 12.8 Å². The van der Waals surface area contributed by atoms with Crippen molar-refractivity contribution < 1.29 is 0 Å². The minimum Gasteiger partial charge on any atom is -0.0654 e. The van der Waals surface area contributed by atoms with Gasteiger partial charge in [-0.15, -0.1) is 0 Å². The summed E-state index contributed by atoms with van der Waals surface area (Å²) in [6.07, 6.45) is 9.46.